The summed E-state index contributed by atoms with van der Waals surface area (Å²) >= 11 is 0. The highest BCUT2D eigenvalue weighted by Crippen LogP contribution is 2.26. The number of amides is 1. The molecule has 2 fully saturated rings. The van der Waals surface area contributed by atoms with Crippen molar-refractivity contribution >= 4 is 17.0 Å². The maximum absolute atomic E-state index is 12.3. The summed E-state index contributed by atoms with van der Waals surface area (Å²) < 4.78 is 6.76. The summed E-state index contributed by atoms with van der Waals surface area (Å²) in [6.45, 7) is 3.74. The van der Waals surface area contributed by atoms with Gasteiger partial charge in [-0.05, 0) is 43.7 Å². The van der Waals surface area contributed by atoms with Crippen LogP contribution >= 0.6 is 0 Å². The first-order valence-electron chi connectivity index (χ1n) is 10.3. The van der Waals surface area contributed by atoms with Gasteiger partial charge in [0.05, 0.1) is 5.52 Å². The number of benzene rings is 1. The largest absolute Gasteiger partial charge is 0.419 e. The Morgan fingerprint density at radius 3 is 2.63 bits per heavy atom. The third kappa shape index (κ3) is 4.43. The van der Waals surface area contributed by atoms with Gasteiger partial charge in [0.1, 0.15) is 0 Å². The van der Waals surface area contributed by atoms with E-state index in [-0.39, 0.29) is 11.9 Å². The lowest BCUT2D eigenvalue weighted by molar-refractivity contribution is -0.122. The molecule has 2 aliphatic rings. The van der Waals surface area contributed by atoms with Gasteiger partial charge in [-0.15, -0.1) is 0 Å². The molecule has 0 unspecified atom stereocenters. The first-order valence-corrected chi connectivity index (χ1v) is 10.3. The smallest absolute Gasteiger partial charge is 0.408 e. The molecule has 1 amide bonds. The number of hydrogen-bond acceptors (Lipinski definition) is 4. The van der Waals surface area contributed by atoms with Gasteiger partial charge in [0.2, 0.25) is 5.91 Å². The van der Waals surface area contributed by atoms with Crippen LogP contribution in [0.15, 0.2) is 33.5 Å². The molecule has 2 aromatic rings. The zero-order chi connectivity index (χ0) is 18.6. The molecule has 1 N–H and O–H groups in total. The predicted molar refractivity (Wildman–Crippen MR) is 105 cm³/mol. The number of likely N-dealkylation sites (tertiary alicyclic amines) is 1. The Morgan fingerprint density at radius 1 is 1.11 bits per heavy atom. The molecule has 1 aromatic heterocycles. The third-order valence-electron chi connectivity index (χ3n) is 6.08. The van der Waals surface area contributed by atoms with E-state index in [1.807, 2.05) is 18.2 Å². The molecule has 1 aromatic carbocycles. The monoisotopic (exact) mass is 371 g/mol. The van der Waals surface area contributed by atoms with Crippen molar-refractivity contribution in [2.45, 2.75) is 57.5 Å². The summed E-state index contributed by atoms with van der Waals surface area (Å²) in [6.07, 6.45) is 7.90. The van der Waals surface area contributed by atoms with Crippen molar-refractivity contribution in [1.29, 1.82) is 0 Å². The van der Waals surface area contributed by atoms with E-state index in [1.165, 1.54) is 32.2 Å². The maximum atomic E-state index is 12.3. The van der Waals surface area contributed by atoms with Gasteiger partial charge < -0.3 is 14.6 Å². The van der Waals surface area contributed by atoms with Crippen LogP contribution in [0.2, 0.25) is 0 Å². The van der Waals surface area contributed by atoms with E-state index in [0.29, 0.717) is 18.5 Å². The standard InChI is InChI=1S/C21H29N3O3/c25-20(11-14-24-18-7-3-4-8-19(18)27-21(24)26)22-17-9-12-23(13-10-17)15-16-5-1-2-6-16/h3-4,7-8,16-17H,1-2,5-6,9-15H2,(H,22,25). The highest BCUT2D eigenvalue weighted by molar-refractivity contribution is 5.77. The van der Waals surface area contributed by atoms with E-state index < -0.39 is 5.76 Å². The molecule has 4 rings (SSSR count). The number of piperidine rings is 1. The molecule has 0 atom stereocenters. The molecule has 6 heteroatoms. The van der Waals surface area contributed by atoms with E-state index in [0.717, 1.165) is 37.4 Å². The average molecular weight is 371 g/mol. The molecule has 1 aliphatic carbocycles. The molecule has 0 radical (unpaired) electrons. The first-order chi connectivity index (χ1) is 13.2. The number of carbonyl (C=O) groups is 1. The summed E-state index contributed by atoms with van der Waals surface area (Å²) in [5.41, 5.74) is 1.31. The van der Waals surface area contributed by atoms with Crippen molar-refractivity contribution in [3.05, 3.63) is 34.8 Å². The Labute approximate surface area is 159 Å². The molecule has 1 aliphatic heterocycles. The van der Waals surface area contributed by atoms with Crippen molar-refractivity contribution < 1.29 is 9.21 Å². The number of aryl methyl sites for hydroxylation is 1. The van der Waals surface area contributed by atoms with Gasteiger partial charge in [-0.2, -0.15) is 0 Å². The second-order valence-electron chi connectivity index (χ2n) is 8.03. The van der Waals surface area contributed by atoms with Crippen molar-refractivity contribution in [2.24, 2.45) is 5.92 Å². The second kappa shape index (κ2) is 8.30. The number of aromatic nitrogens is 1. The molecule has 2 heterocycles. The minimum Gasteiger partial charge on any atom is -0.408 e. The number of oxazole rings is 1. The van der Waals surface area contributed by atoms with Gasteiger partial charge in [0.15, 0.2) is 5.58 Å². The van der Waals surface area contributed by atoms with Gasteiger partial charge in [-0.1, -0.05) is 25.0 Å². The minimum atomic E-state index is -0.399. The zero-order valence-corrected chi connectivity index (χ0v) is 15.9. The van der Waals surface area contributed by atoms with E-state index in [9.17, 15) is 9.59 Å². The SMILES string of the molecule is O=C(CCn1c(=O)oc2ccccc21)NC1CCN(CC2CCCC2)CC1. The lowest BCUT2D eigenvalue weighted by atomic mass is 10.0. The lowest BCUT2D eigenvalue weighted by Crippen LogP contribution is -2.45. The van der Waals surface area contributed by atoms with Gasteiger partial charge in [0.25, 0.3) is 0 Å². The Morgan fingerprint density at radius 2 is 1.85 bits per heavy atom. The van der Waals surface area contributed by atoms with Gasteiger partial charge in [0, 0.05) is 38.6 Å². The molecule has 0 spiro atoms. The van der Waals surface area contributed by atoms with Crippen molar-refractivity contribution in [3.63, 3.8) is 0 Å². The highest BCUT2D eigenvalue weighted by Gasteiger charge is 2.24. The van der Waals surface area contributed by atoms with Gasteiger partial charge >= 0.3 is 5.76 Å². The van der Waals surface area contributed by atoms with Crippen molar-refractivity contribution in [3.8, 4) is 0 Å². The number of rotatable bonds is 6. The predicted octanol–water partition coefficient (Wildman–Crippen LogP) is 2.76. The second-order valence-corrected chi connectivity index (χ2v) is 8.03. The number of fused-ring (bicyclic) bond motifs is 1. The van der Waals surface area contributed by atoms with Crippen LogP contribution in [0.3, 0.4) is 0 Å². The zero-order valence-electron chi connectivity index (χ0n) is 15.9. The number of hydrogen-bond donors (Lipinski definition) is 1. The third-order valence-corrected chi connectivity index (χ3v) is 6.08. The van der Waals surface area contributed by atoms with Crippen LogP contribution in [0.5, 0.6) is 0 Å². The summed E-state index contributed by atoms with van der Waals surface area (Å²) in [4.78, 5) is 26.9. The highest BCUT2D eigenvalue weighted by atomic mass is 16.4. The fraction of sp³-hybridized carbons (Fsp3) is 0.619. The molecule has 0 bridgehead atoms. The summed E-state index contributed by atoms with van der Waals surface area (Å²) in [6, 6.07) is 7.58. The summed E-state index contributed by atoms with van der Waals surface area (Å²) in [5, 5.41) is 3.15. The van der Waals surface area contributed by atoms with E-state index in [4.69, 9.17) is 4.42 Å². The molecule has 6 nitrogen and oxygen atoms in total. The van der Waals surface area contributed by atoms with E-state index in [1.54, 1.807) is 10.6 Å². The minimum absolute atomic E-state index is 0.0152. The van der Waals surface area contributed by atoms with Crippen LogP contribution in [-0.2, 0) is 11.3 Å². The molecular weight excluding hydrogens is 342 g/mol. The number of carbonyl (C=O) groups excluding carboxylic acids is 1. The normalized spacial score (nSPS) is 19.7. The van der Waals surface area contributed by atoms with Crippen LogP contribution in [0, 0.1) is 5.92 Å². The van der Waals surface area contributed by atoms with Gasteiger partial charge in [-0.25, -0.2) is 4.79 Å². The average Bonchev–Trinajstić information content (AvgIpc) is 3.28. The Balaban J connectivity index is 1.23. The Kier molecular flexibility index (Phi) is 5.62. The van der Waals surface area contributed by atoms with Crippen LogP contribution in [-0.4, -0.2) is 41.1 Å². The van der Waals surface area contributed by atoms with Crippen LogP contribution in [0.1, 0.15) is 44.9 Å². The fourth-order valence-corrected chi connectivity index (χ4v) is 4.56. The molecule has 146 valence electrons. The van der Waals surface area contributed by atoms with Crippen molar-refractivity contribution in [2.75, 3.05) is 19.6 Å². The van der Waals surface area contributed by atoms with Crippen LogP contribution < -0.4 is 11.1 Å². The summed E-state index contributed by atoms with van der Waals surface area (Å²) in [5.74, 6) is 0.505. The number of nitrogens with zero attached hydrogens (tertiary/aromatic N) is 2. The molecule has 1 saturated heterocycles. The van der Waals surface area contributed by atoms with Crippen LogP contribution in [0.25, 0.3) is 11.1 Å². The number of nitrogens with one attached hydrogen (secondary N) is 1. The van der Waals surface area contributed by atoms with E-state index >= 15 is 0 Å². The lowest BCUT2D eigenvalue weighted by Gasteiger charge is -2.33. The Hall–Kier alpha value is -2.08. The quantitative estimate of drug-likeness (QED) is 0.848. The summed E-state index contributed by atoms with van der Waals surface area (Å²) in [7, 11) is 0. The first kappa shape index (κ1) is 18.3. The Bertz CT molecular complexity index is 827. The fourth-order valence-electron chi connectivity index (χ4n) is 4.56. The van der Waals surface area contributed by atoms with Crippen molar-refractivity contribution in [1.82, 2.24) is 14.8 Å². The maximum Gasteiger partial charge on any atom is 0.419 e. The molecular formula is C21H29N3O3. The van der Waals surface area contributed by atoms with E-state index in [2.05, 4.69) is 10.2 Å². The molecule has 1 saturated carbocycles. The van der Waals surface area contributed by atoms with Crippen LogP contribution in [0.4, 0.5) is 0 Å². The van der Waals surface area contributed by atoms with Gasteiger partial charge in [-0.3, -0.25) is 9.36 Å². The molecule has 27 heavy (non-hydrogen) atoms. The topological polar surface area (TPSA) is 67.5 Å². The number of para-hydroxylation sites is 2.